The summed E-state index contributed by atoms with van der Waals surface area (Å²) in [4.78, 5) is 15.6. The van der Waals surface area contributed by atoms with E-state index in [9.17, 15) is 18.0 Å². The summed E-state index contributed by atoms with van der Waals surface area (Å²) in [6.45, 7) is 0.141. The first kappa shape index (κ1) is 17.8. The first-order chi connectivity index (χ1) is 11.2. The maximum Gasteiger partial charge on any atom is 0.435 e. The number of hydrogen-bond donors (Lipinski definition) is 0. The zero-order chi connectivity index (χ0) is 17.9. The fourth-order valence-electron chi connectivity index (χ4n) is 2.12. The van der Waals surface area contributed by atoms with Crippen LogP contribution in [0.5, 0.6) is 0 Å². The quantitative estimate of drug-likeness (QED) is 0.840. The number of halogens is 3. The van der Waals surface area contributed by atoms with Crippen molar-refractivity contribution in [3.8, 4) is 0 Å². The van der Waals surface area contributed by atoms with Crippen LogP contribution in [0.25, 0.3) is 0 Å². The summed E-state index contributed by atoms with van der Waals surface area (Å²) >= 11 is 0. The van der Waals surface area contributed by atoms with Crippen LogP contribution in [0.1, 0.15) is 11.3 Å². The highest BCUT2D eigenvalue weighted by Crippen LogP contribution is 2.27. The van der Waals surface area contributed by atoms with Crippen LogP contribution in [0.4, 0.5) is 18.9 Å². The van der Waals surface area contributed by atoms with E-state index in [1.165, 1.54) is 4.90 Å². The lowest BCUT2D eigenvalue weighted by Gasteiger charge is -2.18. The van der Waals surface area contributed by atoms with Gasteiger partial charge in [0.2, 0.25) is 5.91 Å². The minimum atomic E-state index is -4.51. The molecule has 0 atom stereocenters. The third-order valence-corrected chi connectivity index (χ3v) is 3.53. The van der Waals surface area contributed by atoms with Gasteiger partial charge in [0.05, 0.1) is 0 Å². The molecule has 1 amide bonds. The Labute approximate surface area is 138 Å². The largest absolute Gasteiger partial charge is 0.435 e. The molecule has 24 heavy (non-hydrogen) atoms. The minimum Gasteiger partial charge on any atom is -0.378 e. The van der Waals surface area contributed by atoms with Gasteiger partial charge in [0, 0.05) is 39.6 Å². The molecule has 1 aromatic heterocycles. The summed E-state index contributed by atoms with van der Waals surface area (Å²) in [7, 11) is 5.48. The Morgan fingerprint density at radius 2 is 1.75 bits per heavy atom. The number of hydrogen-bond acceptors (Lipinski definition) is 3. The van der Waals surface area contributed by atoms with Crippen LogP contribution in [0, 0.1) is 0 Å². The average molecular weight is 340 g/mol. The van der Waals surface area contributed by atoms with Crippen LogP contribution < -0.4 is 4.90 Å². The number of alkyl halides is 3. The Bertz CT molecular complexity index is 692. The second-order valence-electron chi connectivity index (χ2n) is 5.71. The molecular formula is C16H19F3N4O. The lowest BCUT2D eigenvalue weighted by atomic mass is 10.2. The summed E-state index contributed by atoms with van der Waals surface area (Å²) in [6.07, 6.45) is -3.35. The summed E-state index contributed by atoms with van der Waals surface area (Å²) < 4.78 is 38.5. The predicted molar refractivity (Wildman–Crippen MR) is 84.5 cm³/mol. The number of rotatable bonds is 5. The van der Waals surface area contributed by atoms with Gasteiger partial charge < -0.3 is 9.80 Å². The van der Waals surface area contributed by atoms with Crippen LogP contribution in [-0.2, 0) is 24.1 Å². The number of carbonyl (C=O) groups excluding carboxylic acids is 1. The topological polar surface area (TPSA) is 41.4 Å². The Morgan fingerprint density at radius 1 is 1.12 bits per heavy atom. The van der Waals surface area contributed by atoms with E-state index in [0.717, 1.165) is 28.2 Å². The molecule has 0 aliphatic heterocycles. The van der Waals surface area contributed by atoms with E-state index in [-0.39, 0.29) is 12.5 Å². The average Bonchev–Trinajstić information content (AvgIpc) is 2.96. The highest BCUT2D eigenvalue weighted by molar-refractivity contribution is 5.75. The maximum absolute atomic E-state index is 12.5. The van der Waals surface area contributed by atoms with Crippen molar-refractivity contribution in [2.24, 2.45) is 0 Å². The molecule has 8 heteroatoms. The van der Waals surface area contributed by atoms with E-state index in [1.54, 1.807) is 7.05 Å². The molecule has 0 unspecified atom stereocenters. The molecule has 0 N–H and O–H groups in total. The second-order valence-corrected chi connectivity index (χ2v) is 5.71. The van der Waals surface area contributed by atoms with Gasteiger partial charge in [-0.15, -0.1) is 0 Å². The molecule has 0 bridgehead atoms. The van der Waals surface area contributed by atoms with E-state index in [4.69, 9.17) is 0 Å². The zero-order valence-corrected chi connectivity index (χ0v) is 13.7. The van der Waals surface area contributed by atoms with Crippen molar-refractivity contribution >= 4 is 11.6 Å². The standard InChI is InChI=1S/C16H19F3N4O/c1-21(2)13-6-4-12(5-7-13)10-22(3)15(24)11-23-9-8-14(20-23)16(17,18)19/h4-9H,10-11H2,1-3H3. The number of carbonyl (C=O) groups is 1. The van der Waals surface area contributed by atoms with Crippen molar-refractivity contribution in [3.05, 3.63) is 47.8 Å². The van der Waals surface area contributed by atoms with E-state index in [0.29, 0.717) is 6.54 Å². The van der Waals surface area contributed by atoms with Gasteiger partial charge in [0.25, 0.3) is 0 Å². The normalized spacial score (nSPS) is 11.4. The molecule has 130 valence electrons. The third-order valence-electron chi connectivity index (χ3n) is 3.53. The van der Waals surface area contributed by atoms with Gasteiger partial charge in [-0.05, 0) is 23.8 Å². The Hall–Kier alpha value is -2.51. The second kappa shape index (κ2) is 6.94. The fourth-order valence-corrected chi connectivity index (χ4v) is 2.12. The number of anilines is 1. The van der Waals surface area contributed by atoms with Gasteiger partial charge >= 0.3 is 6.18 Å². The number of amides is 1. The molecule has 0 fully saturated rings. The fraction of sp³-hybridized carbons (Fsp3) is 0.375. The Balaban J connectivity index is 1.95. The molecule has 2 rings (SSSR count). The predicted octanol–water partition coefficient (Wildman–Crippen LogP) is 2.63. The molecule has 0 radical (unpaired) electrons. The number of benzene rings is 1. The summed E-state index contributed by atoms with van der Waals surface area (Å²) in [5, 5.41) is 3.38. The van der Waals surface area contributed by atoms with Gasteiger partial charge in [-0.1, -0.05) is 12.1 Å². The monoisotopic (exact) mass is 340 g/mol. The minimum absolute atomic E-state index is 0.234. The lowest BCUT2D eigenvalue weighted by Crippen LogP contribution is -2.30. The van der Waals surface area contributed by atoms with Crippen LogP contribution in [0.2, 0.25) is 0 Å². The Kier molecular flexibility index (Phi) is 5.16. The lowest BCUT2D eigenvalue weighted by molar-refractivity contribution is -0.142. The molecule has 0 saturated carbocycles. The Morgan fingerprint density at radius 3 is 2.25 bits per heavy atom. The smallest absolute Gasteiger partial charge is 0.378 e. The highest BCUT2D eigenvalue weighted by atomic mass is 19.4. The summed E-state index contributed by atoms with van der Waals surface area (Å²) in [6, 6.07) is 8.56. The van der Waals surface area contributed by atoms with Crippen LogP contribution in [-0.4, -0.2) is 41.7 Å². The molecule has 2 aromatic rings. The van der Waals surface area contributed by atoms with Crippen molar-refractivity contribution in [1.82, 2.24) is 14.7 Å². The summed E-state index contributed by atoms with van der Waals surface area (Å²) in [5.41, 5.74) is 0.981. The van der Waals surface area contributed by atoms with Gasteiger partial charge in [0.15, 0.2) is 5.69 Å². The van der Waals surface area contributed by atoms with Gasteiger partial charge in [-0.2, -0.15) is 18.3 Å². The molecule has 5 nitrogen and oxygen atoms in total. The van der Waals surface area contributed by atoms with Crippen molar-refractivity contribution in [2.75, 3.05) is 26.0 Å². The molecule has 1 heterocycles. The number of nitrogens with zero attached hydrogens (tertiary/aromatic N) is 4. The van der Waals surface area contributed by atoms with Crippen molar-refractivity contribution in [1.29, 1.82) is 0 Å². The number of aromatic nitrogens is 2. The SMILES string of the molecule is CN(Cc1ccc(N(C)C)cc1)C(=O)Cn1ccc(C(F)(F)F)n1. The maximum atomic E-state index is 12.5. The molecule has 0 saturated heterocycles. The van der Waals surface area contributed by atoms with Gasteiger partial charge in [0.1, 0.15) is 6.54 Å². The van der Waals surface area contributed by atoms with E-state index >= 15 is 0 Å². The third kappa shape index (κ3) is 4.50. The first-order valence-electron chi connectivity index (χ1n) is 7.27. The van der Waals surface area contributed by atoms with Crippen molar-refractivity contribution < 1.29 is 18.0 Å². The van der Waals surface area contributed by atoms with Gasteiger partial charge in [-0.25, -0.2) is 0 Å². The van der Waals surface area contributed by atoms with Crippen LogP contribution >= 0.6 is 0 Å². The van der Waals surface area contributed by atoms with Crippen LogP contribution in [0.15, 0.2) is 36.5 Å². The van der Waals surface area contributed by atoms with E-state index in [2.05, 4.69) is 5.10 Å². The van der Waals surface area contributed by atoms with Crippen LogP contribution in [0.3, 0.4) is 0 Å². The first-order valence-corrected chi connectivity index (χ1v) is 7.27. The highest BCUT2D eigenvalue weighted by Gasteiger charge is 2.33. The number of likely N-dealkylation sites (N-methyl/N-ethyl adjacent to an activating group) is 1. The molecule has 0 aliphatic rings. The van der Waals surface area contributed by atoms with Crippen molar-refractivity contribution in [2.45, 2.75) is 19.3 Å². The molecule has 1 aromatic carbocycles. The molecule has 0 aliphatic carbocycles. The molecule has 0 spiro atoms. The van der Waals surface area contributed by atoms with Crippen molar-refractivity contribution in [3.63, 3.8) is 0 Å². The van der Waals surface area contributed by atoms with E-state index in [1.807, 2.05) is 43.3 Å². The summed E-state index contributed by atoms with van der Waals surface area (Å²) in [5.74, 6) is -0.316. The van der Waals surface area contributed by atoms with Gasteiger partial charge in [-0.3, -0.25) is 9.48 Å². The zero-order valence-electron chi connectivity index (χ0n) is 13.7. The molecular weight excluding hydrogens is 321 g/mol. The van der Waals surface area contributed by atoms with E-state index < -0.39 is 11.9 Å².